The minimum Gasteiger partial charge on any atom is -0.387 e. The van der Waals surface area contributed by atoms with Gasteiger partial charge in [0, 0.05) is 12.6 Å². The van der Waals surface area contributed by atoms with E-state index in [-0.39, 0.29) is 0 Å². The average Bonchev–Trinajstić information content (AvgIpc) is 2.54. The monoisotopic (exact) mass is 274 g/mol. The summed E-state index contributed by atoms with van der Waals surface area (Å²) in [5.41, 5.74) is 2.04. The first-order chi connectivity index (χ1) is 9.79. The summed E-state index contributed by atoms with van der Waals surface area (Å²) in [7, 11) is 0. The van der Waals surface area contributed by atoms with Crippen molar-refractivity contribution in [1.82, 2.24) is 4.98 Å². The summed E-state index contributed by atoms with van der Waals surface area (Å²) in [5, 5.41) is 9.84. The summed E-state index contributed by atoms with van der Waals surface area (Å²) in [4.78, 5) is 7.04. The van der Waals surface area contributed by atoms with Crippen molar-refractivity contribution >= 4 is 5.69 Å². The number of aromatic nitrogens is 1. The van der Waals surface area contributed by atoms with E-state index in [1.165, 1.54) is 50.8 Å². The van der Waals surface area contributed by atoms with Gasteiger partial charge in [-0.15, -0.1) is 0 Å². The summed E-state index contributed by atoms with van der Waals surface area (Å²) in [5.74, 6) is 0.887. The molecule has 0 amide bonds. The molecule has 1 saturated carbocycles. The van der Waals surface area contributed by atoms with Crippen molar-refractivity contribution in [1.29, 1.82) is 0 Å². The Bertz CT molecular complexity index is 429. The standard InChI is InChI=1S/C17H26N2O/c1-2-17(20)15-10-9-14(12-18-15)19-11-5-7-13-6-3-4-8-16(13)19/h9-10,12-13,16-17,20H,2-8,11H2,1H3/t13-,16-,17?/m1/s1. The highest BCUT2D eigenvalue weighted by Crippen LogP contribution is 2.37. The fraction of sp³-hybridized carbons (Fsp3) is 0.706. The second-order valence-electron chi connectivity index (χ2n) is 6.31. The van der Waals surface area contributed by atoms with Crippen molar-refractivity contribution in [3.63, 3.8) is 0 Å². The maximum absolute atomic E-state index is 9.84. The molecule has 3 atom stereocenters. The van der Waals surface area contributed by atoms with Gasteiger partial charge < -0.3 is 10.0 Å². The Morgan fingerprint density at radius 1 is 1.25 bits per heavy atom. The van der Waals surface area contributed by atoms with Crippen molar-refractivity contribution in [3.05, 3.63) is 24.0 Å². The molecule has 0 aromatic carbocycles. The Labute approximate surface area is 122 Å². The lowest BCUT2D eigenvalue weighted by atomic mass is 9.78. The lowest BCUT2D eigenvalue weighted by Gasteiger charge is -2.45. The van der Waals surface area contributed by atoms with Crippen LogP contribution in [0.2, 0.25) is 0 Å². The predicted octanol–water partition coefficient (Wildman–Crippen LogP) is 3.68. The fourth-order valence-corrected chi connectivity index (χ4v) is 3.92. The fourth-order valence-electron chi connectivity index (χ4n) is 3.92. The van der Waals surface area contributed by atoms with E-state index in [2.05, 4.69) is 16.0 Å². The van der Waals surface area contributed by atoms with Gasteiger partial charge in [0.1, 0.15) is 0 Å². The molecule has 1 aromatic rings. The molecular formula is C17H26N2O. The van der Waals surface area contributed by atoms with Crippen LogP contribution in [0.4, 0.5) is 5.69 Å². The summed E-state index contributed by atoms with van der Waals surface area (Å²) in [6.07, 6.45) is 10.5. The summed E-state index contributed by atoms with van der Waals surface area (Å²) >= 11 is 0. The SMILES string of the molecule is CCC(O)c1ccc(N2CCC[C@H]3CCCC[C@H]32)cn1. The van der Waals surface area contributed by atoms with E-state index in [0.29, 0.717) is 0 Å². The van der Waals surface area contributed by atoms with E-state index in [1.54, 1.807) is 0 Å². The van der Waals surface area contributed by atoms with Gasteiger partial charge in [-0.1, -0.05) is 19.8 Å². The van der Waals surface area contributed by atoms with Crippen molar-refractivity contribution in [2.24, 2.45) is 5.92 Å². The highest BCUT2D eigenvalue weighted by Gasteiger charge is 2.33. The van der Waals surface area contributed by atoms with Crippen molar-refractivity contribution < 1.29 is 5.11 Å². The number of aliphatic hydroxyl groups excluding tert-OH is 1. The third-order valence-corrected chi connectivity index (χ3v) is 5.07. The molecule has 1 aromatic heterocycles. The normalized spacial score (nSPS) is 28.0. The third-order valence-electron chi connectivity index (χ3n) is 5.07. The lowest BCUT2D eigenvalue weighted by molar-refractivity contribution is 0.169. The Morgan fingerprint density at radius 3 is 2.80 bits per heavy atom. The van der Waals surface area contributed by atoms with Gasteiger partial charge >= 0.3 is 0 Å². The maximum Gasteiger partial charge on any atom is 0.0957 e. The van der Waals surface area contributed by atoms with Crippen LogP contribution in [-0.4, -0.2) is 22.7 Å². The highest BCUT2D eigenvalue weighted by atomic mass is 16.3. The number of hydrogen-bond acceptors (Lipinski definition) is 3. The lowest BCUT2D eigenvalue weighted by Crippen LogP contribution is -2.46. The molecule has 2 fully saturated rings. The molecule has 1 aliphatic heterocycles. The minimum atomic E-state index is -0.423. The number of anilines is 1. The smallest absolute Gasteiger partial charge is 0.0957 e. The van der Waals surface area contributed by atoms with Gasteiger partial charge in [-0.3, -0.25) is 4.98 Å². The quantitative estimate of drug-likeness (QED) is 0.913. The number of fused-ring (bicyclic) bond motifs is 1. The number of pyridine rings is 1. The van der Waals surface area contributed by atoms with Crippen LogP contribution in [0.3, 0.4) is 0 Å². The molecule has 110 valence electrons. The Kier molecular flexibility index (Phi) is 4.25. The third kappa shape index (κ3) is 2.69. The zero-order chi connectivity index (χ0) is 13.9. The molecule has 1 aliphatic carbocycles. The predicted molar refractivity (Wildman–Crippen MR) is 81.8 cm³/mol. The van der Waals surface area contributed by atoms with E-state index >= 15 is 0 Å². The number of aliphatic hydroxyl groups is 1. The summed E-state index contributed by atoms with van der Waals surface area (Å²) < 4.78 is 0. The number of piperidine rings is 1. The van der Waals surface area contributed by atoms with Gasteiger partial charge in [-0.25, -0.2) is 0 Å². The molecule has 0 spiro atoms. The van der Waals surface area contributed by atoms with Crippen LogP contribution in [0.1, 0.15) is 63.7 Å². The molecule has 3 nitrogen and oxygen atoms in total. The van der Waals surface area contributed by atoms with Gasteiger partial charge in [0.05, 0.1) is 23.7 Å². The first-order valence-corrected chi connectivity index (χ1v) is 8.20. The highest BCUT2D eigenvalue weighted by molar-refractivity contribution is 5.46. The number of rotatable bonds is 3. The largest absolute Gasteiger partial charge is 0.387 e. The number of hydrogen-bond donors (Lipinski definition) is 1. The van der Waals surface area contributed by atoms with E-state index in [0.717, 1.165) is 24.1 Å². The molecule has 1 N–H and O–H groups in total. The van der Waals surface area contributed by atoms with Crippen LogP contribution in [-0.2, 0) is 0 Å². The van der Waals surface area contributed by atoms with Crippen LogP contribution in [0.25, 0.3) is 0 Å². The van der Waals surface area contributed by atoms with Gasteiger partial charge in [0.2, 0.25) is 0 Å². The van der Waals surface area contributed by atoms with Gasteiger partial charge in [0.25, 0.3) is 0 Å². The first kappa shape index (κ1) is 13.9. The molecule has 3 heteroatoms. The van der Waals surface area contributed by atoms with Crippen molar-refractivity contribution in [2.45, 2.75) is 64.0 Å². The minimum absolute atomic E-state index is 0.423. The molecule has 1 saturated heterocycles. The molecule has 2 aliphatic rings. The second-order valence-corrected chi connectivity index (χ2v) is 6.31. The van der Waals surface area contributed by atoms with Crippen LogP contribution >= 0.6 is 0 Å². The molecule has 1 unspecified atom stereocenters. The van der Waals surface area contributed by atoms with E-state index < -0.39 is 6.10 Å². The Balaban J connectivity index is 1.77. The summed E-state index contributed by atoms with van der Waals surface area (Å²) in [6.45, 7) is 3.15. The molecule has 3 rings (SSSR count). The van der Waals surface area contributed by atoms with Crippen LogP contribution < -0.4 is 4.90 Å². The Hall–Kier alpha value is -1.09. The van der Waals surface area contributed by atoms with Gasteiger partial charge in [-0.05, 0) is 50.2 Å². The van der Waals surface area contributed by atoms with Crippen molar-refractivity contribution in [2.75, 3.05) is 11.4 Å². The molecular weight excluding hydrogens is 248 g/mol. The zero-order valence-electron chi connectivity index (χ0n) is 12.5. The maximum atomic E-state index is 9.84. The van der Waals surface area contributed by atoms with Crippen LogP contribution in [0.15, 0.2) is 18.3 Å². The first-order valence-electron chi connectivity index (χ1n) is 8.20. The molecule has 2 heterocycles. The summed E-state index contributed by atoms with van der Waals surface area (Å²) in [6, 6.07) is 4.87. The van der Waals surface area contributed by atoms with Gasteiger partial charge in [-0.2, -0.15) is 0 Å². The molecule has 0 bridgehead atoms. The van der Waals surface area contributed by atoms with E-state index in [9.17, 15) is 5.11 Å². The molecule has 20 heavy (non-hydrogen) atoms. The number of nitrogens with zero attached hydrogens (tertiary/aromatic N) is 2. The second kappa shape index (κ2) is 6.13. The van der Waals surface area contributed by atoms with Crippen LogP contribution in [0, 0.1) is 5.92 Å². The van der Waals surface area contributed by atoms with E-state index in [4.69, 9.17) is 0 Å². The van der Waals surface area contributed by atoms with Crippen molar-refractivity contribution in [3.8, 4) is 0 Å². The Morgan fingerprint density at radius 2 is 2.05 bits per heavy atom. The topological polar surface area (TPSA) is 36.4 Å². The zero-order valence-corrected chi connectivity index (χ0v) is 12.5. The molecule has 0 radical (unpaired) electrons. The van der Waals surface area contributed by atoms with Gasteiger partial charge in [0.15, 0.2) is 0 Å². The van der Waals surface area contributed by atoms with Crippen LogP contribution in [0.5, 0.6) is 0 Å². The van der Waals surface area contributed by atoms with E-state index in [1.807, 2.05) is 19.2 Å². The average molecular weight is 274 g/mol.